The molecule has 8 nitrogen and oxygen atoms in total. The highest BCUT2D eigenvalue weighted by Gasteiger charge is 2.45. The van der Waals surface area contributed by atoms with Gasteiger partial charge in [-0.2, -0.15) is 0 Å². The van der Waals surface area contributed by atoms with E-state index in [-0.39, 0.29) is 18.7 Å². The summed E-state index contributed by atoms with van der Waals surface area (Å²) in [6.45, 7) is 4.68. The van der Waals surface area contributed by atoms with E-state index in [9.17, 15) is 19.2 Å². The van der Waals surface area contributed by atoms with Crippen LogP contribution >= 0.6 is 0 Å². The zero-order valence-electron chi connectivity index (χ0n) is 16.5. The second-order valence-corrected chi connectivity index (χ2v) is 8.04. The number of carbonyl (C=O) groups is 4. The molecule has 3 aliphatic heterocycles. The molecule has 0 aromatic heterocycles. The molecule has 4 rings (SSSR count). The van der Waals surface area contributed by atoms with E-state index in [0.29, 0.717) is 29.6 Å². The van der Waals surface area contributed by atoms with Crippen LogP contribution in [0.25, 0.3) is 0 Å². The van der Waals surface area contributed by atoms with Crippen molar-refractivity contribution in [2.45, 2.75) is 51.2 Å². The van der Waals surface area contributed by atoms with Gasteiger partial charge in [0.05, 0.1) is 11.1 Å². The van der Waals surface area contributed by atoms with Crippen molar-refractivity contribution in [3.05, 3.63) is 34.9 Å². The standard InChI is InChI=1S/C21H26N4O4/c1-12(13-7-9-22-10-8-13)23-11-14-3-2-4-15-18(14)21(29)25(20(15)28)16-5-6-17(26)24-19(16)27/h2-4,12-13,16,22-23H,5-11H2,1H3,(H,24,26,27). The molecule has 0 spiro atoms. The van der Waals surface area contributed by atoms with E-state index < -0.39 is 23.8 Å². The molecule has 0 saturated carbocycles. The second-order valence-electron chi connectivity index (χ2n) is 8.04. The molecule has 8 heteroatoms. The van der Waals surface area contributed by atoms with E-state index in [4.69, 9.17) is 0 Å². The third-order valence-corrected chi connectivity index (χ3v) is 6.26. The molecule has 29 heavy (non-hydrogen) atoms. The molecular weight excluding hydrogens is 372 g/mol. The Kier molecular flexibility index (Phi) is 5.47. The van der Waals surface area contributed by atoms with Gasteiger partial charge in [-0.3, -0.25) is 29.4 Å². The molecule has 2 atom stereocenters. The number of benzene rings is 1. The van der Waals surface area contributed by atoms with Crippen LogP contribution in [0.15, 0.2) is 18.2 Å². The van der Waals surface area contributed by atoms with Crippen LogP contribution in [0.4, 0.5) is 0 Å². The number of nitrogens with zero attached hydrogens (tertiary/aromatic N) is 1. The minimum absolute atomic E-state index is 0.117. The smallest absolute Gasteiger partial charge is 0.262 e. The molecule has 154 valence electrons. The Bertz CT molecular complexity index is 862. The lowest BCUT2D eigenvalue weighted by Gasteiger charge is -2.29. The predicted octanol–water partition coefficient (Wildman–Crippen LogP) is 0.566. The molecule has 3 heterocycles. The molecule has 0 aliphatic carbocycles. The Morgan fingerprint density at radius 3 is 2.59 bits per heavy atom. The third kappa shape index (κ3) is 3.70. The maximum Gasteiger partial charge on any atom is 0.262 e. The number of hydrogen-bond donors (Lipinski definition) is 3. The molecule has 0 radical (unpaired) electrons. The van der Waals surface area contributed by atoms with Gasteiger partial charge in [-0.1, -0.05) is 12.1 Å². The first-order valence-corrected chi connectivity index (χ1v) is 10.2. The summed E-state index contributed by atoms with van der Waals surface area (Å²) in [6, 6.07) is 4.60. The highest BCUT2D eigenvalue weighted by atomic mass is 16.2. The topological polar surface area (TPSA) is 108 Å². The van der Waals surface area contributed by atoms with Crippen molar-refractivity contribution in [3.8, 4) is 0 Å². The van der Waals surface area contributed by atoms with Gasteiger partial charge in [0.25, 0.3) is 11.8 Å². The monoisotopic (exact) mass is 398 g/mol. The fraction of sp³-hybridized carbons (Fsp3) is 0.524. The number of rotatable bonds is 5. The van der Waals surface area contributed by atoms with Gasteiger partial charge >= 0.3 is 0 Å². The van der Waals surface area contributed by atoms with Crippen molar-refractivity contribution in [3.63, 3.8) is 0 Å². The first-order valence-electron chi connectivity index (χ1n) is 10.2. The second kappa shape index (κ2) is 8.04. The average Bonchev–Trinajstić information content (AvgIpc) is 2.98. The van der Waals surface area contributed by atoms with Crippen LogP contribution in [-0.4, -0.2) is 53.7 Å². The van der Waals surface area contributed by atoms with Crippen molar-refractivity contribution < 1.29 is 19.2 Å². The van der Waals surface area contributed by atoms with Crippen LogP contribution in [0.1, 0.15) is 58.9 Å². The zero-order chi connectivity index (χ0) is 20.5. The molecular formula is C21H26N4O4. The SMILES string of the molecule is CC(NCc1cccc2c1C(=O)N(C1CCC(=O)NC1=O)C2=O)C1CCNCC1. The fourth-order valence-corrected chi connectivity index (χ4v) is 4.51. The van der Waals surface area contributed by atoms with Crippen LogP contribution in [0, 0.1) is 5.92 Å². The molecule has 3 N–H and O–H groups in total. The van der Waals surface area contributed by atoms with Crippen molar-refractivity contribution >= 4 is 23.6 Å². The number of hydrogen-bond acceptors (Lipinski definition) is 6. The zero-order valence-corrected chi connectivity index (χ0v) is 16.5. The van der Waals surface area contributed by atoms with Gasteiger partial charge < -0.3 is 10.6 Å². The Hall–Kier alpha value is -2.58. The Labute approximate surface area is 169 Å². The summed E-state index contributed by atoms with van der Waals surface area (Å²) >= 11 is 0. The molecule has 1 aromatic rings. The largest absolute Gasteiger partial charge is 0.317 e. The summed E-state index contributed by atoms with van der Waals surface area (Å²) in [4.78, 5) is 50.6. The summed E-state index contributed by atoms with van der Waals surface area (Å²) in [5.41, 5.74) is 1.46. The van der Waals surface area contributed by atoms with Crippen molar-refractivity contribution in [1.82, 2.24) is 20.9 Å². The maximum absolute atomic E-state index is 13.1. The Morgan fingerprint density at radius 2 is 1.86 bits per heavy atom. The molecule has 3 aliphatic rings. The summed E-state index contributed by atoms with van der Waals surface area (Å²) in [7, 11) is 0. The molecule has 1 aromatic carbocycles. The predicted molar refractivity (Wildman–Crippen MR) is 105 cm³/mol. The van der Waals surface area contributed by atoms with E-state index >= 15 is 0 Å². The first-order chi connectivity index (χ1) is 14.0. The van der Waals surface area contributed by atoms with Crippen molar-refractivity contribution in [1.29, 1.82) is 0 Å². The number of piperidine rings is 2. The lowest BCUT2D eigenvalue weighted by atomic mass is 9.91. The number of carbonyl (C=O) groups excluding carboxylic acids is 4. The van der Waals surface area contributed by atoms with Crippen LogP contribution in [0.2, 0.25) is 0 Å². The van der Waals surface area contributed by atoms with E-state index in [1.807, 2.05) is 6.07 Å². The van der Waals surface area contributed by atoms with Crippen LogP contribution in [0.5, 0.6) is 0 Å². The van der Waals surface area contributed by atoms with Gasteiger partial charge in [-0.15, -0.1) is 0 Å². The normalized spacial score (nSPS) is 23.9. The average molecular weight is 398 g/mol. The minimum Gasteiger partial charge on any atom is -0.317 e. The number of nitrogens with one attached hydrogen (secondary N) is 3. The first kappa shape index (κ1) is 19.7. The highest BCUT2D eigenvalue weighted by molar-refractivity contribution is 6.24. The Morgan fingerprint density at radius 1 is 1.10 bits per heavy atom. The summed E-state index contributed by atoms with van der Waals surface area (Å²) < 4.78 is 0. The van der Waals surface area contributed by atoms with Crippen LogP contribution < -0.4 is 16.0 Å². The Balaban J connectivity index is 1.51. The molecule has 4 amide bonds. The number of amides is 4. The summed E-state index contributed by atoms with van der Waals surface area (Å²) in [5.74, 6) is -1.31. The summed E-state index contributed by atoms with van der Waals surface area (Å²) in [6.07, 6.45) is 2.51. The van der Waals surface area contributed by atoms with E-state index in [1.54, 1.807) is 12.1 Å². The van der Waals surface area contributed by atoms with Gasteiger partial charge in [0.1, 0.15) is 6.04 Å². The molecule has 0 bridgehead atoms. The molecule has 2 saturated heterocycles. The number of fused-ring (bicyclic) bond motifs is 1. The lowest BCUT2D eigenvalue weighted by molar-refractivity contribution is -0.136. The summed E-state index contributed by atoms with van der Waals surface area (Å²) in [5, 5.41) is 9.09. The van der Waals surface area contributed by atoms with Crippen LogP contribution in [0.3, 0.4) is 0 Å². The molecule has 2 unspecified atom stereocenters. The van der Waals surface area contributed by atoms with Gasteiger partial charge in [0.15, 0.2) is 0 Å². The number of imide groups is 2. The van der Waals surface area contributed by atoms with Gasteiger partial charge in [-0.05, 0) is 56.8 Å². The van der Waals surface area contributed by atoms with Gasteiger partial charge in [0, 0.05) is 19.0 Å². The quantitative estimate of drug-likeness (QED) is 0.626. The maximum atomic E-state index is 13.1. The highest BCUT2D eigenvalue weighted by Crippen LogP contribution is 2.30. The molecule has 2 fully saturated rings. The van der Waals surface area contributed by atoms with E-state index in [2.05, 4.69) is 22.9 Å². The van der Waals surface area contributed by atoms with E-state index in [0.717, 1.165) is 36.4 Å². The van der Waals surface area contributed by atoms with Crippen LogP contribution in [-0.2, 0) is 16.1 Å². The fourth-order valence-electron chi connectivity index (χ4n) is 4.51. The third-order valence-electron chi connectivity index (χ3n) is 6.26. The lowest BCUT2D eigenvalue weighted by Crippen LogP contribution is -2.54. The van der Waals surface area contributed by atoms with E-state index in [1.165, 1.54) is 0 Å². The van der Waals surface area contributed by atoms with Gasteiger partial charge in [-0.25, -0.2) is 0 Å². The minimum atomic E-state index is -0.936. The van der Waals surface area contributed by atoms with Crippen molar-refractivity contribution in [2.24, 2.45) is 5.92 Å². The van der Waals surface area contributed by atoms with Gasteiger partial charge in [0.2, 0.25) is 11.8 Å². The van der Waals surface area contributed by atoms with Crippen molar-refractivity contribution in [2.75, 3.05) is 13.1 Å².